The van der Waals surface area contributed by atoms with Gasteiger partial charge in [0.25, 0.3) is 0 Å². The van der Waals surface area contributed by atoms with Crippen LogP contribution in [0.4, 0.5) is 5.82 Å². The van der Waals surface area contributed by atoms with Crippen LogP contribution < -0.4 is 5.32 Å². The maximum Gasteiger partial charge on any atom is 0.152 e. The number of anilines is 1. The second-order valence-corrected chi connectivity index (χ2v) is 5.49. The van der Waals surface area contributed by atoms with Crippen LogP contribution in [0.2, 0.25) is 0 Å². The zero-order valence-corrected chi connectivity index (χ0v) is 12.5. The van der Waals surface area contributed by atoms with Crippen molar-refractivity contribution in [2.24, 2.45) is 0 Å². The van der Waals surface area contributed by atoms with Crippen molar-refractivity contribution in [2.45, 2.75) is 33.2 Å². The van der Waals surface area contributed by atoms with Crippen LogP contribution in [0.1, 0.15) is 36.6 Å². The van der Waals surface area contributed by atoms with Crippen molar-refractivity contribution in [1.82, 2.24) is 19.6 Å². The molecule has 0 bridgehead atoms. The fraction of sp³-hybridized carbons (Fsp3) is 0.312. The molecule has 0 aliphatic rings. The lowest BCUT2D eigenvalue weighted by molar-refractivity contribution is 0.787. The minimum Gasteiger partial charge on any atom is -0.364 e. The van der Waals surface area contributed by atoms with Crippen LogP contribution in [0.15, 0.2) is 36.9 Å². The van der Waals surface area contributed by atoms with Gasteiger partial charge in [-0.2, -0.15) is 5.10 Å². The van der Waals surface area contributed by atoms with E-state index in [-0.39, 0.29) is 0 Å². The van der Waals surface area contributed by atoms with Gasteiger partial charge in [0.15, 0.2) is 5.82 Å². The first kappa shape index (κ1) is 13.5. The third-order valence-electron chi connectivity index (χ3n) is 3.58. The van der Waals surface area contributed by atoms with Crippen LogP contribution in [0.3, 0.4) is 0 Å². The Bertz CT molecular complexity index is 760. The van der Waals surface area contributed by atoms with E-state index in [0.717, 1.165) is 23.6 Å². The first-order valence-electron chi connectivity index (χ1n) is 7.13. The summed E-state index contributed by atoms with van der Waals surface area (Å²) in [5.41, 5.74) is 4.48. The molecule has 5 nitrogen and oxygen atoms in total. The molecular weight excluding hydrogens is 262 g/mol. The summed E-state index contributed by atoms with van der Waals surface area (Å²) in [6.07, 6.45) is 7.34. The Hall–Kier alpha value is -2.43. The molecule has 0 radical (unpaired) electrons. The molecule has 5 heteroatoms. The van der Waals surface area contributed by atoms with Gasteiger partial charge in [0.1, 0.15) is 5.52 Å². The topological polar surface area (TPSA) is 55.1 Å². The van der Waals surface area contributed by atoms with Crippen LogP contribution in [0.5, 0.6) is 0 Å². The lowest BCUT2D eigenvalue weighted by Crippen LogP contribution is -2.04. The van der Waals surface area contributed by atoms with Gasteiger partial charge in [-0.25, -0.2) is 9.50 Å². The highest BCUT2D eigenvalue weighted by molar-refractivity contribution is 5.68. The number of nitrogens with one attached hydrogen (secondary N) is 1. The van der Waals surface area contributed by atoms with E-state index >= 15 is 0 Å². The lowest BCUT2D eigenvalue weighted by atomic mass is 10.1. The summed E-state index contributed by atoms with van der Waals surface area (Å²) in [5.74, 6) is 1.26. The summed E-state index contributed by atoms with van der Waals surface area (Å²) in [7, 11) is 0. The molecule has 0 unspecified atom stereocenters. The predicted octanol–water partition coefficient (Wildman–Crippen LogP) is 3.17. The second kappa shape index (κ2) is 5.52. The highest BCUT2D eigenvalue weighted by atomic mass is 15.2. The maximum atomic E-state index is 4.57. The minimum absolute atomic E-state index is 0.403. The molecule has 3 rings (SSSR count). The van der Waals surface area contributed by atoms with Gasteiger partial charge in [0.05, 0.1) is 5.69 Å². The first-order valence-corrected chi connectivity index (χ1v) is 7.13. The first-order chi connectivity index (χ1) is 10.1. The number of aromatic nitrogens is 4. The molecule has 3 aromatic heterocycles. The average Bonchev–Trinajstić information content (AvgIpc) is 2.91. The zero-order valence-electron chi connectivity index (χ0n) is 12.5. The Labute approximate surface area is 124 Å². The van der Waals surface area contributed by atoms with E-state index < -0.39 is 0 Å². The summed E-state index contributed by atoms with van der Waals surface area (Å²) in [5, 5.41) is 7.97. The van der Waals surface area contributed by atoms with Crippen LogP contribution in [0.25, 0.3) is 5.52 Å². The van der Waals surface area contributed by atoms with Crippen molar-refractivity contribution in [1.29, 1.82) is 0 Å². The van der Waals surface area contributed by atoms with Crippen molar-refractivity contribution in [2.75, 3.05) is 5.32 Å². The Morgan fingerprint density at radius 2 is 2.14 bits per heavy atom. The molecule has 1 N–H and O–H groups in total. The number of pyridine rings is 1. The van der Waals surface area contributed by atoms with Gasteiger partial charge >= 0.3 is 0 Å². The number of hydrogen-bond donors (Lipinski definition) is 1. The number of hydrogen-bond acceptors (Lipinski definition) is 4. The van der Waals surface area contributed by atoms with E-state index in [2.05, 4.69) is 47.2 Å². The van der Waals surface area contributed by atoms with Crippen molar-refractivity contribution in [3.05, 3.63) is 53.7 Å². The average molecular weight is 281 g/mol. The molecule has 0 saturated carbocycles. The standard InChI is InChI=1S/C16H19N5/c1-11(2)14-8-15-16(18-6-7-21(15)20-14)19-10-13-4-5-17-9-12(13)3/h4-9,11H,10H2,1-3H3,(H,18,19). The molecule has 3 heterocycles. The Morgan fingerprint density at radius 3 is 2.90 bits per heavy atom. The van der Waals surface area contributed by atoms with Gasteiger partial charge in [-0.05, 0) is 36.1 Å². The Balaban J connectivity index is 1.88. The summed E-state index contributed by atoms with van der Waals surface area (Å²) < 4.78 is 1.88. The van der Waals surface area contributed by atoms with E-state index in [9.17, 15) is 0 Å². The van der Waals surface area contributed by atoms with Gasteiger partial charge in [-0.3, -0.25) is 4.98 Å². The number of nitrogens with zero attached hydrogens (tertiary/aromatic N) is 4. The third-order valence-corrected chi connectivity index (χ3v) is 3.58. The van der Waals surface area contributed by atoms with E-state index in [1.165, 1.54) is 11.1 Å². The predicted molar refractivity (Wildman–Crippen MR) is 83.4 cm³/mol. The fourth-order valence-electron chi connectivity index (χ4n) is 2.24. The van der Waals surface area contributed by atoms with Crippen LogP contribution >= 0.6 is 0 Å². The van der Waals surface area contributed by atoms with E-state index in [0.29, 0.717) is 5.92 Å². The fourth-order valence-corrected chi connectivity index (χ4v) is 2.24. The summed E-state index contributed by atoms with van der Waals surface area (Å²) in [4.78, 5) is 8.55. The van der Waals surface area contributed by atoms with Gasteiger partial charge in [0, 0.05) is 31.3 Å². The van der Waals surface area contributed by atoms with Crippen molar-refractivity contribution >= 4 is 11.3 Å². The van der Waals surface area contributed by atoms with Crippen LogP contribution in [0, 0.1) is 6.92 Å². The Kier molecular flexibility index (Phi) is 3.56. The lowest BCUT2D eigenvalue weighted by Gasteiger charge is -2.08. The Morgan fingerprint density at radius 1 is 1.29 bits per heavy atom. The normalized spacial score (nSPS) is 11.2. The van der Waals surface area contributed by atoms with E-state index in [1.54, 1.807) is 6.20 Å². The monoisotopic (exact) mass is 281 g/mol. The summed E-state index contributed by atoms with van der Waals surface area (Å²) in [6.45, 7) is 7.07. The summed E-state index contributed by atoms with van der Waals surface area (Å²) >= 11 is 0. The van der Waals surface area contributed by atoms with E-state index in [1.807, 2.05) is 29.2 Å². The van der Waals surface area contributed by atoms with Crippen LogP contribution in [-0.2, 0) is 6.54 Å². The minimum atomic E-state index is 0.403. The highest BCUT2D eigenvalue weighted by Gasteiger charge is 2.09. The second-order valence-electron chi connectivity index (χ2n) is 5.49. The van der Waals surface area contributed by atoms with E-state index in [4.69, 9.17) is 0 Å². The SMILES string of the molecule is Cc1cnccc1CNc1nccn2nc(C(C)C)cc12. The molecular formula is C16H19N5. The van der Waals surface area contributed by atoms with Gasteiger partial charge in [0.2, 0.25) is 0 Å². The zero-order chi connectivity index (χ0) is 14.8. The molecule has 0 fully saturated rings. The molecule has 0 atom stereocenters. The number of rotatable bonds is 4. The molecule has 0 aromatic carbocycles. The molecule has 108 valence electrons. The highest BCUT2D eigenvalue weighted by Crippen LogP contribution is 2.20. The molecule has 0 saturated heterocycles. The smallest absolute Gasteiger partial charge is 0.152 e. The molecule has 21 heavy (non-hydrogen) atoms. The molecule has 0 aliphatic carbocycles. The largest absolute Gasteiger partial charge is 0.364 e. The molecule has 3 aromatic rings. The van der Waals surface area contributed by atoms with Gasteiger partial charge in [-0.1, -0.05) is 13.8 Å². The third kappa shape index (κ3) is 2.72. The van der Waals surface area contributed by atoms with Crippen LogP contribution in [-0.4, -0.2) is 19.6 Å². The number of fused-ring (bicyclic) bond motifs is 1. The van der Waals surface area contributed by atoms with Crippen molar-refractivity contribution in [3.63, 3.8) is 0 Å². The van der Waals surface area contributed by atoms with Crippen molar-refractivity contribution in [3.8, 4) is 0 Å². The maximum absolute atomic E-state index is 4.57. The van der Waals surface area contributed by atoms with Gasteiger partial charge < -0.3 is 5.32 Å². The molecule has 0 amide bonds. The van der Waals surface area contributed by atoms with Crippen molar-refractivity contribution < 1.29 is 0 Å². The molecule has 0 aliphatic heterocycles. The molecule has 0 spiro atoms. The number of aryl methyl sites for hydroxylation is 1. The van der Waals surface area contributed by atoms with Gasteiger partial charge in [-0.15, -0.1) is 0 Å². The quantitative estimate of drug-likeness (QED) is 0.798. The summed E-state index contributed by atoms with van der Waals surface area (Å²) in [6, 6.07) is 4.12.